The van der Waals surface area contributed by atoms with Crippen LogP contribution < -0.4 is 0 Å². The lowest BCUT2D eigenvalue weighted by Crippen LogP contribution is -2.09. The van der Waals surface area contributed by atoms with Gasteiger partial charge in [0, 0.05) is 0 Å². The summed E-state index contributed by atoms with van der Waals surface area (Å²) in [7, 11) is -4.25. The highest BCUT2D eigenvalue weighted by molar-refractivity contribution is 9.11. The molecule has 9 heavy (non-hydrogen) atoms. The van der Waals surface area contributed by atoms with E-state index in [1.165, 1.54) is 0 Å². The second-order valence-corrected chi connectivity index (χ2v) is 4.85. The number of halogens is 1. The van der Waals surface area contributed by atoms with Gasteiger partial charge in [-0.05, 0) is 6.92 Å². The zero-order chi connectivity index (χ0) is 7.65. The summed E-state index contributed by atoms with van der Waals surface area (Å²) in [6.45, 7) is 1.11. The maximum absolute atomic E-state index is 10.3. The second-order valence-electron chi connectivity index (χ2n) is 1.54. The lowest BCUT2D eigenvalue weighted by molar-refractivity contribution is -0.115. The smallest absolute Gasteiger partial charge is 0.323 e. The maximum Gasteiger partial charge on any atom is 0.346 e. The fourth-order valence-corrected chi connectivity index (χ4v) is 0.710. The summed E-state index contributed by atoms with van der Waals surface area (Å²) < 4.78 is 8.86. The zero-order valence-corrected chi connectivity index (χ0v) is 7.09. The molecule has 0 radical (unpaired) electrons. The Labute approximate surface area is 60.5 Å². The molecule has 2 N–H and O–H groups in total. The first-order valence-electron chi connectivity index (χ1n) is 2.05. The topological polar surface area (TPSA) is 74.6 Å². The van der Waals surface area contributed by atoms with Gasteiger partial charge < -0.3 is 9.79 Å². The number of alkyl halides is 1. The molecule has 0 aromatic heterocycles. The Bertz CT molecular complexity index is 161. The third kappa shape index (κ3) is 3.11. The lowest BCUT2D eigenvalue weighted by Gasteiger charge is -2.05. The minimum atomic E-state index is -4.25. The lowest BCUT2D eigenvalue weighted by atomic mass is 10.5. The predicted octanol–water partition coefficient (Wildman–Crippen LogP) is 0.474. The maximum atomic E-state index is 10.3. The van der Waals surface area contributed by atoms with E-state index in [-0.39, 0.29) is 0 Å². The van der Waals surface area contributed by atoms with Crippen LogP contribution in [0.2, 0.25) is 0 Å². The summed E-state index contributed by atoms with van der Waals surface area (Å²) in [5.41, 5.74) is 0. The van der Waals surface area contributed by atoms with Gasteiger partial charge >= 0.3 is 7.60 Å². The molecule has 0 aromatic rings. The van der Waals surface area contributed by atoms with E-state index in [0.717, 1.165) is 6.92 Å². The van der Waals surface area contributed by atoms with Crippen molar-refractivity contribution in [2.75, 3.05) is 0 Å². The van der Waals surface area contributed by atoms with Gasteiger partial charge in [0.25, 0.3) is 0 Å². The SMILES string of the molecule is CC(=O)C(Br)P(=O)(O)O. The van der Waals surface area contributed by atoms with Crippen molar-refractivity contribution >= 4 is 29.3 Å². The van der Waals surface area contributed by atoms with Crippen molar-refractivity contribution in [1.82, 2.24) is 0 Å². The summed E-state index contributed by atoms with van der Waals surface area (Å²) in [4.78, 5) is 26.9. The average Bonchev–Trinajstić information content (AvgIpc) is 1.62. The molecule has 0 bridgehead atoms. The molecule has 1 unspecified atom stereocenters. The fraction of sp³-hybridized carbons (Fsp3) is 0.667. The highest BCUT2D eigenvalue weighted by Crippen LogP contribution is 2.44. The van der Waals surface area contributed by atoms with Gasteiger partial charge in [-0.15, -0.1) is 0 Å². The van der Waals surface area contributed by atoms with Crippen LogP contribution in [0.1, 0.15) is 6.92 Å². The Morgan fingerprint density at radius 2 is 2.00 bits per heavy atom. The van der Waals surface area contributed by atoms with E-state index in [1.807, 2.05) is 0 Å². The molecule has 0 amide bonds. The molecule has 54 valence electrons. The molecule has 0 rings (SSSR count). The molecule has 0 aliphatic rings. The number of hydrogen-bond donors (Lipinski definition) is 2. The van der Waals surface area contributed by atoms with Gasteiger partial charge in [0.15, 0.2) is 10.4 Å². The molecule has 6 heteroatoms. The van der Waals surface area contributed by atoms with Gasteiger partial charge in [0.1, 0.15) is 0 Å². The van der Waals surface area contributed by atoms with Crippen LogP contribution in [-0.4, -0.2) is 20.1 Å². The average molecular weight is 217 g/mol. The molecule has 0 aromatic carbocycles. The molecule has 0 saturated carbocycles. The van der Waals surface area contributed by atoms with Crippen LogP contribution in [0.25, 0.3) is 0 Å². The molecule has 4 nitrogen and oxygen atoms in total. The second kappa shape index (κ2) is 2.92. The molecule has 1 atom stereocenters. The van der Waals surface area contributed by atoms with E-state index in [2.05, 4.69) is 15.9 Å². The van der Waals surface area contributed by atoms with Gasteiger partial charge in [-0.25, -0.2) is 0 Å². The number of carbonyl (C=O) groups is 1. The minimum Gasteiger partial charge on any atom is -0.323 e. The van der Waals surface area contributed by atoms with Crippen molar-refractivity contribution in [1.29, 1.82) is 0 Å². The quantitative estimate of drug-likeness (QED) is 0.520. The highest BCUT2D eigenvalue weighted by Gasteiger charge is 2.29. The predicted molar refractivity (Wildman–Crippen MR) is 35.4 cm³/mol. The fourth-order valence-electron chi connectivity index (χ4n) is 0.237. The first-order chi connectivity index (χ1) is 3.85. The van der Waals surface area contributed by atoms with Gasteiger partial charge in [-0.1, -0.05) is 15.9 Å². The Morgan fingerprint density at radius 1 is 1.67 bits per heavy atom. The molecule has 0 saturated heterocycles. The van der Waals surface area contributed by atoms with Crippen LogP contribution >= 0.6 is 23.5 Å². The monoisotopic (exact) mass is 216 g/mol. The van der Waals surface area contributed by atoms with Crippen LogP contribution in [0.5, 0.6) is 0 Å². The number of carbonyl (C=O) groups excluding carboxylic acids is 1. The van der Waals surface area contributed by atoms with Gasteiger partial charge in [-0.2, -0.15) is 0 Å². The molecule has 0 heterocycles. The third-order valence-electron chi connectivity index (χ3n) is 0.631. The van der Waals surface area contributed by atoms with E-state index in [9.17, 15) is 9.36 Å². The van der Waals surface area contributed by atoms with E-state index < -0.39 is 17.9 Å². The van der Waals surface area contributed by atoms with Crippen LogP contribution in [0.3, 0.4) is 0 Å². The normalized spacial score (nSPS) is 15.1. The van der Waals surface area contributed by atoms with Gasteiger partial charge in [0.05, 0.1) is 0 Å². The molecule has 0 aliphatic heterocycles. The largest absolute Gasteiger partial charge is 0.346 e. The molecule has 0 fully saturated rings. The summed E-state index contributed by atoms with van der Waals surface area (Å²) in [5.74, 6) is -0.566. The summed E-state index contributed by atoms with van der Waals surface area (Å²) in [5, 5.41) is 0. The first kappa shape index (κ1) is 9.30. The first-order valence-corrected chi connectivity index (χ1v) is 4.65. The highest BCUT2D eigenvalue weighted by atomic mass is 79.9. The summed E-state index contributed by atoms with van der Waals surface area (Å²) in [6, 6.07) is 0. The van der Waals surface area contributed by atoms with Gasteiger partial charge in [-0.3, -0.25) is 9.36 Å². The van der Waals surface area contributed by atoms with Crippen LogP contribution in [-0.2, 0) is 9.36 Å². The van der Waals surface area contributed by atoms with E-state index in [4.69, 9.17) is 9.79 Å². The third-order valence-corrected chi connectivity index (χ3v) is 3.83. The Hall–Kier alpha value is 0.300. The Balaban J connectivity index is 4.23. The standard InChI is InChI=1S/C3H6BrO4P/c1-2(5)3(4)9(6,7)8/h3H,1H3,(H2,6,7,8). The number of hydrogen-bond acceptors (Lipinski definition) is 2. The van der Waals surface area contributed by atoms with Crippen molar-refractivity contribution < 1.29 is 19.1 Å². The van der Waals surface area contributed by atoms with Crippen LogP contribution in [0.4, 0.5) is 0 Å². The van der Waals surface area contributed by atoms with Crippen LogP contribution in [0, 0.1) is 0 Å². The molecular weight excluding hydrogens is 211 g/mol. The Kier molecular flexibility index (Phi) is 3.02. The van der Waals surface area contributed by atoms with E-state index in [0.29, 0.717) is 0 Å². The van der Waals surface area contributed by atoms with E-state index >= 15 is 0 Å². The number of rotatable bonds is 2. The van der Waals surface area contributed by atoms with E-state index in [1.54, 1.807) is 0 Å². The molecular formula is C3H6BrO4P. The molecule has 0 spiro atoms. The summed E-state index contributed by atoms with van der Waals surface area (Å²) in [6.07, 6.45) is 0. The van der Waals surface area contributed by atoms with Gasteiger partial charge in [0.2, 0.25) is 0 Å². The van der Waals surface area contributed by atoms with Crippen molar-refractivity contribution in [3.63, 3.8) is 0 Å². The van der Waals surface area contributed by atoms with Crippen molar-refractivity contribution in [2.24, 2.45) is 0 Å². The van der Waals surface area contributed by atoms with Crippen molar-refractivity contribution in [3.8, 4) is 0 Å². The van der Waals surface area contributed by atoms with Crippen molar-refractivity contribution in [2.45, 2.75) is 11.5 Å². The van der Waals surface area contributed by atoms with Crippen molar-refractivity contribution in [3.05, 3.63) is 0 Å². The minimum absolute atomic E-state index is 0.566. The zero-order valence-electron chi connectivity index (χ0n) is 4.61. The Morgan fingerprint density at radius 3 is 2.00 bits per heavy atom. The number of Topliss-reactive ketones (excluding diaryl/α,β-unsaturated/α-hetero) is 1. The summed E-state index contributed by atoms with van der Waals surface area (Å²) >= 11 is 2.55. The number of ketones is 1. The molecule has 0 aliphatic carbocycles. The van der Waals surface area contributed by atoms with Crippen LogP contribution in [0.15, 0.2) is 0 Å².